The summed E-state index contributed by atoms with van der Waals surface area (Å²) in [6.45, 7) is 14.0. The van der Waals surface area contributed by atoms with E-state index >= 15 is 0 Å². The standard InChI is InChI=1S/C25H36N4O3P.C4H7O.U/c1-5-24(26)29-19(4)33(27,32)16-23(25(31)28-17(2)18(3)30)15-20-11-13-22(14-12-20)21-9-7-6-8-10-21;1-4(2)3-5;/h6-11,13-14,17,19-20,23,30H,1,3,5,12,15-16H2,2,4H3,(H2,26,29)(H2,27,32)(H,28,31);4H,1-2H3;/q2*-1;+2/t17?,19-,20?,23-,33?;;/m1../s1. The van der Waals surface area contributed by atoms with Gasteiger partial charge < -0.3 is 32.8 Å². The van der Waals surface area contributed by atoms with Gasteiger partial charge in [0.1, 0.15) is 18.8 Å². The number of amidine groups is 1. The molecule has 1 aliphatic carbocycles. The van der Waals surface area contributed by atoms with Crippen molar-refractivity contribution in [2.45, 2.75) is 58.8 Å². The van der Waals surface area contributed by atoms with Gasteiger partial charge in [0, 0.05) is 12.1 Å². The number of rotatable bonds is 12. The average molecular weight is 781 g/mol. The van der Waals surface area contributed by atoms with Crippen molar-refractivity contribution >= 4 is 30.9 Å². The number of nitrogens with one attached hydrogen (secondary N) is 2. The van der Waals surface area contributed by atoms with Crippen molar-refractivity contribution in [3.63, 3.8) is 0 Å². The Bertz CT molecular complexity index is 1070. The third kappa shape index (κ3) is 13.8. The van der Waals surface area contributed by atoms with Gasteiger partial charge in [0.25, 0.3) is 0 Å². The summed E-state index contributed by atoms with van der Waals surface area (Å²) in [6, 6.07) is 9.46. The van der Waals surface area contributed by atoms with E-state index in [1.807, 2.05) is 18.2 Å². The molecular formula is C29H43N4O4PU. The monoisotopic (exact) mass is 780 g/mol. The van der Waals surface area contributed by atoms with Crippen LogP contribution in [0.2, 0.25) is 0 Å². The first-order valence-corrected chi connectivity index (χ1v) is 14.8. The van der Waals surface area contributed by atoms with Crippen molar-refractivity contribution in [2.75, 3.05) is 6.16 Å². The number of aliphatic hydroxyl groups is 1. The van der Waals surface area contributed by atoms with Crippen molar-refractivity contribution in [2.24, 2.45) is 28.5 Å². The van der Waals surface area contributed by atoms with Crippen LogP contribution in [0.1, 0.15) is 52.5 Å². The molecule has 5 atom stereocenters. The van der Waals surface area contributed by atoms with Crippen molar-refractivity contribution < 1.29 is 50.7 Å². The van der Waals surface area contributed by atoms with E-state index in [0.717, 1.165) is 17.6 Å². The Morgan fingerprint density at radius 2 is 1.90 bits per heavy atom. The van der Waals surface area contributed by atoms with E-state index in [1.54, 1.807) is 34.0 Å². The zero-order valence-corrected chi connectivity index (χ0v) is 28.5. The minimum atomic E-state index is -3.34. The summed E-state index contributed by atoms with van der Waals surface area (Å²) in [6.07, 6.45) is 9.56. The molecule has 0 heterocycles. The fraction of sp³-hybridized carbons (Fsp3) is 0.448. The third-order valence-corrected chi connectivity index (χ3v) is 8.42. The van der Waals surface area contributed by atoms with Crippen molar-refractivity contribution in [3.05, 3.63) is 73.4 Å². The third-order valence-electron chi connectivity index (χ3n) is 6.07. The number of aliphatic hydroxyl groups excluding tert-OH is 1. The van der Waals surface area contributed by atoms with E-state index in [4.69, 9.17) is 10.9 Å². The predicted octanol–water partition coefficient (Wildman–Crippen LogP) is 5.60. The fourth-order valence-electron chi connectivity index (χ4n) is 3.62. The van der Waals surface area contributed by atoms with Crippen LogP contribution in [0.4, 0.5) is 0 Å². The Kier molecular flexibility index (Phi) is 17.5. The van der Waals surface area contributed by atoms with Crippen LogP contribution in [-0.4, -0.2) is 46.0 Å². The molecule has 1 amide bonds. The van der Waals surface area contributed by atoms with Gasteiger partial charge in [-0.05, 0) is 43.7 Å². The number of carbonyl (C=O) groups is 1. The van der Waals surface area contributed by atoms with E-state index in [2.05, 4.69) is 54.2 Å². The summed E-state index contributed by atoms with van der Waals surface area (Å²) in [7, 11) is -3.34. The van der Waals surface area contributed by atoms with Crippen LogP contribution in [0.15, 0.2) is 65.9 Å². The molecule has 0 radical (unpaired) electrons. The molecule has 2 rings (SSSR count). The van der Waals surface area contributed by atoms with Gasteiger partial charge in [0.15, 0.2) is 0 Å². The molecule has 3 unspecified atom stereocenters. The van der Waals surface area contributed by atoms with Crippen LogP contribution < -0.4 is 11.1 Å². The molecule has 0 saturated heterocycles. The normalized spacial score (nSPS) is 18.7. The molecule has 6 N–H and O–H groups in total. The summed E-state index contributed by atoms with van der Waals surface area (Å²) in [4.78, 5) is 37.5. The second kappa shape index (κ2) is 18.4. The van der Waals surface area contributed by atoms with Crippen LogP contribution in [0.3, 0.4) is 0 Å². The molecule has 0 saturated carbocycles. The number of hydrogen-bond acceptors (Lipinski definition) is 5. The van der Waals surface area contributed by atoms with E-state index in [9.17, 15) is 19.6 Å². The number of nitrogens with two attached hydrogens (primary N) is 1. The van der Waals surface area contributed by atoms with E-state index in [0.29, 0.717) is 6.42 Å². The maximum absolute atomic E-state index is 13.0. The molecule has 0 aromatic heterocycles. The molecular weight excluding hydrogens is 737 g/mol. The topological polar surface area (TPSA) is 149 Å². The first-order valence-electron chi connectivity index (χ1n) is 12.8. The minimum Gasteiger partial charge on any atom is -0.542 e. The predicted molar refractivity (Wildman–Crippen MR) is 157 cm³/mol. The first kappa shape index (κ1) is 37.1. The SMILES string of the molecule is C=C(O)C(C)NC(=O)[C@H](CC1C=CC(c2ccccc2)=CC1)CP(=N)(O)[C@H](C)N=C(N)C[CH2-].CC(C)[C-]=O.[U+2]. The smallest absolute Gasteiger partial charge is 0.542 e. The van der Waals surface area contributed by atoms with Gasteiger partial charge in [-0.15, -0.1) is 12.3 Å². The van der Waals surface area contributed by atoms with Gasteiger partial charge in [0.05, 0.1) is 11.9 Å². The number of amides is 1. The zero-order chi connectivity index (χ0) is 28.9. The van der Waals surface area contributed by atoms with Gasteiger partial charge in [0.2, 0.25) is 5.91 Å². The Morgan fingerprint density at radius 1 is 1.31 bits per heavy atom. The van der Waals surface area contributed by atoms with E-state index in [1.165, 1.54) is 0 Å². The molecule has 1 aliphatic rings. The number of allylic oxidation sites excluding steroid dienone is 4. The summed E-state index contributed by atoms with van der Waals surface area (Å²) >= 11 is 0. The number of hydrogen-bond donors (Lipinski definition) is 5. The number of aliphatic imine (C=N–C) groups is 1. The van der Waals surface area contributed by atoms with Crippen molar-refractivity contribution in [1.29, 1.82) is 5.16 Å². The molecule has 0 aliphatic heterocycles. The van der Waals surface area contributed by atoms with Gasteiger partial charge >= 0.3 is 31.1 Å². The van der Waals surface area contributed by atoms with Gasteiger partial charge in [-0.1, -0.05) is 69.0 Å². The summed E-state index contributed by atoms with van der Waals surface area (Å²) in [5.74, 6) is -1.37. The molecule has 8 nitrogen and oxygen atoms in total. The van der Waals surface area contributed by atoms with Crippen LogP contribution >= 0.6 is 7.28 Å². The summed E-state index contributed by atoms with van der Waals surface area (Å²) in [5.41, 5.74) is 8.02. The van der Waals surface area contributed by atoms with Gasteiger partial charge in [-0.3, -0.25) is 21.2 Å². The summed E-state index contributed by atoms with van der Waals surface area (Å²) in [5, 5.41) is 20.9. The molecule has 10 heteroatoms. The molecule has 212 valence electrons. The number of benzene rings is 1. The first-order chi connectivity index (χ1) is 17.8. The number of carbonyl (C=O) groups excluding carboxylic acids is 2. The van der Waals surface area contributed by atoms with Gasteiger partial charge in [-0.2, -0.15) is 0 Å². The fourth-order valence-corrected chi connectivity index (χ4v) is 5.25. The number of nitrogens with zero attached hydrogens (tertiary/aromatic N) is 1. The molecule has 1 aromatic carbocycles. The largest absolute Gasteiger partial charge is 2.00 e. The molecule has 0 fully saturated rings. The van der Waals surface area contributed by atoms with Crippen LogP contribution in [0.5, 0.6) is 0 Å². The quantitative estimate of drug-likeness (QED) is 0.0617. The van der Waals surface area contributed by atoms with E-state index in [-0.39, 0.29) is 73.0 Å². The molecule has 1 aromatic rings. The maximum Gasteiger partial charge on any atom is 2.00 e. The Balaban J connectivity index is 0.00000220. The van der Waals surface area contributed by atoms with E-state index < -0.39 is 25.0 Å². The summed E-state index contributed by atoms with van der Waals surface area (Å²) < 4.78 is 0. The van der Waals surface area contributed by atoms with Gasteiger partial charge in [-0.25, -0.2) is 0 Å². The second-order valence-corrected chi connectivity index (χ2v) is 12.6. The Hall–Kier alpha value is -1.91. The average Bonchev–Trinajstić information content (AvgIpc) is 2.89. The second-order valence-electron chi connectivity index (χ2n) is 9.82. The molecule has 0 bridgehead atoms. The molecule has 0 spiro atoms. The zero-order valence-electron chi connectivity index (χ0n) is 23.4. The molecule has 39 heavy (non-hydrogen) atoms. The van der Waals surface area contributed by atoms with Crippen LogP contribution in [0.25, 0.3) is 5.57 Å². The maximum atomic E-state index is 13.0. The minimum absolute atomic E-state index is 0. The Morgan fingerprint density at radius 3 is 2.36 bits per heavy atom. The van der Waals surface area contributed by atoms with Crippen LogP contribution in [-0.2, 0) is 9.59 Å². The van der Waals surface area contributed by atoms with Crippen molar-refractivity contribution in [3.8, 4) is 0 Å². The van der Waals surface area contributed by atoms with Crippen LogP contribution in [0, 0.1) is 61.0 Å². The van der Waals surface area contributed by atoms with Crippen molar-refractivity contribution in [1.82, 2.24) is 5.32 Å². The Labute approximate surface area is 257 Å².